The molecule has 1 atom stereocenters. The number of amides is 1. The van der Waals surface area contributed by atoms with Gasteiger partial charge in [-0.1, -0.05) is 49.0 Å². The molecule has 0 bridgehead atoms. The number of halogens is 2. The van der Waals surface area contributed by atoms with E-state index in [1.807, 2.05) is 37.3 Å². The fourth-order valence-electron chi connectivity index (χ4n) is 2.67. The molecule has 0 saturated carbocycles. The van der Waals surface area contributed by atoms with Crippen molar-refractivity contribution in [3.05, 3.63) is 72.2 Å². The number of benzene rings is 2. The quantitative estimate of drug-likeness (QED) is 0.543. The number of rotatable bonds is 7. The Labute approximate surface area is 160 Å². The number of thioether (sulfide) groups is 1. The van der Waals surface area contributed by atoms with Crippen LogP contribution in [0.25, 0.3) is 11.3 Å². The van der Waals surface area contributed by atoms with Gasteiger partial charge in [0, 0.05) is 10.5 Å². The minimum Gasteiger partial charge on any atom is -0.342 e. The van der Waals surface area contributed by atoms with E-state index in [1.54, 1.807) is 18.3 Å². The minimum absolute atomic E-state index is 0.270. The van der Waals surface area contributed by atoms with Crippen molar-refractivity contribution in [2.75, 3.05) is 0 Å². The number of nitrogens with one attached hydrogen (secondary N) is 2. The van der Waals surface area contributed by atoms with Crippen molar-refractivity contribution in [1.29, 1.82) is 0 Å². The van der Waals surface area contributed by atoms with Crippen molar-refractivity contribution < 1.29 is 13.6 Å². The zero-order valence-electron chi connectivity index (χ0n) is 14.7. The molecule has 3 aromatic rings. The van der Waals surface area contributed by atoms with Crippen LogP contribution in [-0.4, -0.2) is 21.6 Å². The van der Waals surface area contributed by atoms with E-state index in [0.29, 0.717) is 34.5 Å². The third kappa shape index (κ3) is 4.95. The summed E-state index contributed by atoms with van der Waals surface area (Å²) < 4.78 is 24.8. The van der Waals surface area contributed by atoms with Crippen LogP contribution < -0.4 is 5.32 Å². The first-order valence-electron chi connectivity index (χ1n) is 8.53. The van der Waals surface area contributed by atoms with Gasteiger partial charge in [-0.15, -0.1) is 0 Å². The molecule has 4 nitrogen and oxygen atoms in total. The molecule has 0 radical (unpaired) electrons. The summed E-state index contributed by atoms with van der Waals surface area (Å²) in [6.45, 7) is 1.96. The van der Waals surface area contributed by atoms with Crippen molar-refractivity contribution in [3.63, 3.8) is 0 Å². The van der Waals surface area contributed by atoms with E-state index in [9.17, 15) is 13.6 Å². The largest absolute Gasteiger partial charge is 0.342 e. The molecule has 0 saturated heterocycles. The van der Waals surface area contributed by atoms with Gasteiger partial charge in [0.15, 0.2) is 0 Å². The molecule has 27 heavy (non-hydrogen) atoms. The third-order valence-corrected chi connectivity index (χ3v) is 4.79. The number of hydrogen-bond donors (Lipinski definition) is 2. The highest BCUT2D eigenvalue weighted by Gasteiger charge is 2.17. The molecule has 2 aromatic carbocycles. The smallest absolute Gasteiger partial charge is 0.288 e. The summed E-state index contributed by atoms with van der Waals surface area (Å²) in [5.74, 6) is -2.07. The van der Waals surface area contributed by atoms with Crippen molar-refractivity contribution in [2.24, 2.45) is 0 Å². The van der Waals surface area contributed by atoms with Gasteiger partial charge >= 0.3 is 0 Å². The van der Waals surface area contributed by atoms with Crippen LogP contribution >= 0.6 is 11.8 Å². The summed E-state index contributed by atoms with van der Waals surface area (Å²) in [7, 11) is 0. The summed E-state index contributed by atoms with van der Waals surface area (Å²) in [5.41, 5.74) is 2.32. The number of nitrogens with zero attached hydrogens (tertiary/aromatic N) is 1. The average Bonchev–Trinajstić information content (AvgIpc) is 3.17. The summed E-state index contributed by atoms with van der Waals surface area (Å²) in [4.78, 5) is 20.6. The van der Waals surface area contributed by atoms with Gasteiger partial charge in [-0.25, -0.2) is 4.98 Å². The molecule has 1 amide bonds. The molecule has 0 aliphatic carbocycles. The van der Waals surface area contributed by atoms with E-state index in [2.05, 4.69) is 15.3 Å². The van der Waals surface area contributed by atoms with Gasteiger partial charge in [0.1, 0.15) is 5.82 Å². The van der Waals surface area contributed by atoms with Gasteiger partial charge in [0.2, 0.25) is 0 Å². The van der Waals surface area contributed by atoms with Gasteiger partial charge in [-0.2, -0.15) is 8.78 Å². The highest BCUT2D eigenvalue weighted by atomic mass is 32.2. The Bertz CT molecular complexity index is 882. The number of hydrogen-bond acceptors (Lipinski definition) is 3. The first kappa shape index (κ1) is 19.1. The van der Waals surface area contributed by atoms with Crippen molar-refractivity contribution in [1.82, 2.24) is 15.3 Å². The Balaban J connectivity index is 1.69. The minimum atomic E-state index is -2.48. The average molecular weight is 387 g/mol. The fourth-order valence-corrected chi connectivity index (χ4v) is 3.17. The van der Waals surface area contributed by atoms with Crippen molar-refractivity contribution >= 4 is 17.7 Å². The topological polar surface area (TPSA) is 57.8 Å². The molecular formula is C20H19F2N3OS. The molecule has 1 aromatic heterocycles. The number of aromatic nitrogens is 2. The van der Waals surface area contributed by atoms with E-state index in [4.69, 9.17) is 0 Å². The standard InChI is InChI=1S/C20H19F2N3OS/c1-2-16(18-23-12-17(24-18)13-6-4-3-5-7-13)25-19(26)14-8-10-15(11-9-14)27-20(21)22/h3-12,16,20H,2H2,1H3,(H,23,24)(H,25,26). The molecule has 1 unspecified atom stereocenters. The first-order chi connectivity index (χ1) is 13.1. The van der Waals surface area contributed by atoms with E-state index in [1.165, 1.54) is 12.1 Å². The van der Waals surface area contributed by atoms with Crippen LogP contribution in [0.4, 0.5) is 8.78 Å². The predicted molar refractivity (Wildman–Crippen MR) is 103 cm³/mol. The normalized spacial score (nSPS) is 12.1. The lowest BCUT2D eigenvalue weighted by molar-refractivity contribution is 0.0934. The van der Waals surface area contributed by atoms with Gasteiger partial charge in [-0.05, 0) is 36.2 Å². The lowest BCUT2D eigenvalue weighted by atomic mass is 10.1. The van der Waals surface area contributed by atoms with Gasteiger partial charge in [-0.3, -0.25) is 4.79 Å². The van der Waals surface area contributed by atoms with Gasteiger partial charge < -0.3 is 10.3 Å². The molecule has 140 valence electrons. The molecule has 2 N–H and O–H groups in total. The summed E-state index contributed by atoms with van der Waals surface area (Å²) in [6, 6.07) is 15.7. The number of carbonyl (C=O) groups is 1. The van der Waals surface area contributed by atoms with Crippen molar-refractivity contribution in [2.45, 2.75) is 30.0 Å². The van der Waals surface area contributed by atoms with Crippen LogP contribution in [0.1, 0.15) is 35.6 Å². The number of aromatic amines is 1. The maximum absolute atomic E-state index is 12.5. The second-order valence-corrected chi connectivity index (χ2v) is 6.95. The first-order valence-corrected chi connectivity index (χ1v) is 9.41. The Hall–Kier alpha value is -2.67. The summed E-state index contributed by atoms with van der Waals surface area (Å²) >= 11 is 0.455. The maximum atomic E-state index is 12.5. The SMILES string of the molecule is CCC(NC(=O)c1ccc(SC(F)F)cc1)c1ncc(-c2ccccc2)[nH]1. The van der Waals surface area contributed by atoms with Crippen LogP contribution in [0.15, 0.2) is 65.7 Å². The van der Waals surface area contributed by atoms with Crippen LogP contribution in [0.5, 0.6) is 0 Å². The van der Waals surface area contributed by atoms with E-state index in [0.717, 1.165) is 11.3 Å². The summed E-state index contributed by atoms with van der Waals surface area (Å²) in [6.07, 6.45) is 2.41. The Morgan fingerprint density at radius 1 is 1.15 bits per heavy atom. The zero-order valence-corrected chi connectivity index (χ0v) is 15.5. The van der Waals surface area contributed by atoms with Crippen LogP contribution in [0.3, 0.4) is 0 Å². The van der Waals surface area contributed by atoms with Crippen LogP contribution in [-0.2, 0) is 0 Å². The van der Waals surface area contributed by atoms with Gasteiger partial charge in [0.25, 0.3) is 11.7 Å². The fraction of sp³-hybridized carbons (Fsp3) is 0.200. The number of alkyl halides is 2. The van der Waals surface area contributed by atoms with Crippen LogP contribution in [0.2, 0.25) is 0 Å². The molecule has 0 aliphatic rings. The molecule has 1 heterocycles. The van der Waals surface area contributed by atoms with Crippen LogP contribution in [0, 0.1) is 0 Å². The van der Waals surface area contributed by atoms with E-state index in [-0.39, 0.29) is 11.9 Å². The Kier molecular flexibility index (Phi) is 6.24. The number of carbonyl (C=O) groups excluding carboxylic acids is 1. The molecule has 0 spiro atoms. The monoisotopic (exact) mass is 387 g/mol. The summed E-state index contributed by atoms with van der Waals surface area (Å²) in [5, 5.41) is 2.94. The van der Waals surface area contributed by atoms with Gasteiger partial charge in [0.05, 0.1) is 17.9 Å². The molecule has 0 fully saturated rings. The molecular weight excluding hydrogens is 368 g/mol. The maximum Gasteiger partial charge on any atom is 0.288 e. The Morgan fingerprint density at radius 2 is 1.85 bits per heavy atom. The number of imidazole rings is 1. The zero-order chi connectivity index (χ0) is 19.2. The molecule has 3 rings (SSSR count). The van der Waals surface area contributed by atoms with E-state index >= 15 is 0 Å². The lowest BCUT2D eigenvalue weighted by Gasteiger charge is -2.15. The third-order valence-electron chi connectivity index (χ3n) is 4.07. The highest BCUT2D eigenvalue weighted by molar-refractivity contribution is 7.99. The van der Waals surface area contributed by atoms with Crippen molar-refractivity contribution in [3.8, 4) is 11.3 Å². The lowest BCUT2D eigenvalue weighted by Crippen LogP contribution is -2.28. The predicted octanol–water partition coefficient (Wildman–Crippen LogP) is 5.27. The molecule has 0 aliphatic heterocycles. The van der Waals surface area contributed by atoms with E-state index < -0.39 is 5.76 Å². The molecule has 7 heteroatoms. The second kappa shape index (κ2) is 8.81. The highest BCUT2D eigenvalue weighted by Crippen LogP contribution is 2.25. The number of H-pyrrole nitrogens is 1. The Morgan fingerprint density at radius 3 is 2.48 bits per heavy atom. The second-order valence-electron chi connectivity index (χ2n) is 5.89.